The zero-order chi connectivity index (χ0) is 15.7. The van der Waals surface area contributed by atoms with Crippen LogP contribution in [0.1, 0.15) is 36.5 Å². The van der Waals surface area contributed by atoms with Crippen LogP contribution >= 0.6 is 0 Å². The second-order valence-electron chi connectivity index (χ2n) is 6.22. The summed E-state index contributed by atoms with van der Waals surface area (Å²) in [7, 11) is 0. The van der Waals surface area contributed by atoms with Crippen LogP contribution < -0.4 is 0 Å². The van der Waals surface area contributed by atoms with E-state index in [1.54, 1.807) is 12.1 Å². The summed E-state index contributed by atoms with van der Waals surface area (Å²) >= 11 is 0. The van der Waals surface area contributed by atoms with Gasteiger partial charge < -0.3 is 14.9 Å². The Hall–Kier alpha value is -2.04. The number of hydrogen-bond donors (Lipinski definition) is 1. The van der Waals surface area contributed by atoms with Crippen LogP contribution in [0.15, 0.2) is 24.3 Å². The fraction of sp³-hybridized carbons (Fsp3) is 0.529. The van der Waals surface area contributed by atoms with Crippen molar-refractivity contribution in [1.82, 2.24) is 9.80 Å². The lowest BCUT2D eigenvalue weighted by molar-refractivity contribution is -0.139. The Morgan fingerprint density at radius 1 is 1.23 bits per heavy atom. The number of carbonyl (C=O) groups is 2. The van der Waals surface area contributed by atoms with Gasteiger partial charge in [-0.3, -0.25) is 9.59 Å². The molecule has 2 bridgehead atoms. The molecule has 22 heavy (non-hydrogen) atoms. The van der Waals surface area contributed by atoms with Gasteiger partial charge in [0, 0.05) is 31.2 Å². The smallest absolute Gasteiger partial charge is 0.253 e. The SMILES string of the molecule is CCCN1C(=O)C2CCC1CN(C(=O)c1ccc(O)cc1)C2. The average Bonchev–Trinajstić information content (AvgIpc) is 2.80. The summed E-state index contributed by atoms with van der Waals surface area (Å²) in [6.45, 7) is 3.98. The quantitative estimate of drug-likeness (QED) is 0.927. The van der Waals surface area contributed by atoms with Crippen molar-refractivity contribution in [2.75, 3.05) is 19.6 Å². The third-order valence-corrected chi connectivity index (χ3v) is 4.66. The Kier molecular flexibility index (Phi) is 4.05. The fourth-order valence-corrected chi connectivity index (χ4v) is 3.53. The summed E-state index contributed by atoms with van der Waals surface area (Å²) < 4.78 is 0. The van der Waals surface area contributed by atoms with Gasteiger partial charge in [0.1, 0.15) is 5.75 Å². The number of rotatable bonds is 3. The zero-order valence-electron chi connectivity index (χ0n) is 12.9. The van der Waals surface area contributed by atoms with Crippen LogP contribution in [0.5, 0.6) is 5.75 Å². The monoisotopic (exact) mass is 302 g/mol. The van der Waals surface area contributed by atoms with Crippen LogP contribution in [0.25, 0.3) is 0 Å². The molecule has 0 aliphatic carbocycles. The van der Waals surface area contributed by atoms with E-state index >= 15 is 0 Å². The number of carbonyl (C=O) groups excluding carboxylic acids is 2. The molecule has 3 heterocycles. The van der Waals surface area contributed by atoms with Crippen molar-refractivity contribution in [3.63, 3.8) is 0 Å². The first-order valence-corrected chi connectivity index (χ1v) is 7.99. The highest BCUT2D eigenvalue weighted by Crippen LogP contribution is 2.30. The van der Waals surface area contributed by atoms with E-state index in [0.717, 1.165) is 25.8 Å². The molecule has 3 fully saturated rings. The molecule has 5 heteroatoms. The van der Waals surface area contributed by atoms with Crippen LogP contribution in [-0.4, -0.2) is 52.4 Å². The van der Waals surface area contributed by atoms with Gasteiger partial charge in [0.15, 0.2) is 0 Å². The van der Waals surface area contributed by atoms with Crippen molar-refractivity contribution in [3.05, 3.63) is 29.8 Å². The van der Waals surface area contributed by atoms with E-state index in [2.05, 4.69) is 6.92 Å². The minimum Gasteiger partial charge on any atom is -0.508 e. The number of amides is 2. The highest BCUT2D eigenvalue weighted by Gasteiger charge is 2.41. The summed E-state index contributed by atoms with van der Waals surface area (Å²) in [5, 5.41) is 9.34. The number of hydrogen-bond acceptors (Lipinski definition) is 3. The number of nitrogens with zero attached hydrogens (tertiary/aromatic N) is 2. The standard InChI is InChI=1S/C17H22N2O3/c1-2-9-19-14-6-3-13(17(19)22)10-18(11-14)16(21)12-4-7-15(20)8-5-12/h4-5,7-8,13-14,20H,2-3,6,9-11H2,1H3. The molecule has 0 aromatic heterocycles. The van der Waals surface area contributed by atoms with Gasteiger partial charge in [0.05, 0.1) is 5.92 Å². The molecule has 1 aromatic rings. The first-order chi connectivity index (χ1) is 10.6. The van der Waals surface area contributed by atoms with Gasteiger partial charge in [-0.05, 0) is 43.5 Å². The third-order valence-electron chi connectivity index (χ3n) is 4.66. The number of piperidine rings is 1. The molecule has 118 valence electrons. The van der Waals surface area contributed by atoms with E-state index in [4.69, 9.17) is 0 Å². The van der Waals surface area contributed by atoms with Crippen LogP contribution in [0.2, 0.25) is 0 Å². The lowest BCUT2D eigenvalue weighted by Crippen LogP contribution is -2.48. The van der Waals surface area contributed by atoms with Crippen LogP contribution in [0, 0.1) is 5.92 Å². The molecule has 5 nitrogen and oxygen atoms in total. The molecule has 4 rings (SSSR count). The van der Waals surface area contributed by atoms with Crippen molar-refractivity contribution in [1.29, 1.82) is 0 Å². The van der Waals surface area contributed by atoms with Gasteiger partial charge in [0.2, 0.25) is 5.91 Å². The van der Waals surface area contributed by atoms with Crippen molar-refractivity contribution in [2.24, 2.45) is 5.92 Å². The Morgan fingerprint density at radius 3 is 2.64 bits per heavy atom. The molecule has 3 aliphatic heterocycles. The van der Waals surface area contributed by atoms with Crippen molar-refractivity contribution in [2.45, 2.75) is 32.2 Å². The van der Waals surface area contributed by atoms with E-state index in [1.165, 1.54) is 12.1 Å². The minimum absolute atomic E-state index is 0.0527. The van der Waals surface area contributed by atoms with Gasteiger partial charge in [-0.25, -0.2) is 0 Å². The van der Waals surface area contributed by atoms with Gasteiger partial charge in [0.25, 0.3) is 5.91 Å². The second-order valence-corrected chi connectivity index (χ2v) is 6.22. The Bertz CT molecular complexity index is 570. The molecule has 2 amide bonds. The van der Waals surface area contributed by atoms with Gasteiger partial charge >= 0.3 is 0 Å². The zero-order valence-corrected chi connectivity index (χ0v) is 12.9. The van der Waals surface area contributed by atoms with E-state index in [1.807, 2.05) is 9.80 Å². The lowest BCUT2D eigenvalue weighted by atomic mass is 9.94. The maximum atomic E-state index is 12.7. The maximum Gasteiger partial charge on any atom is 0.253 e. The lowest BCUT2D eigenvalue weighted by Gasteiger charge is -2.35. The van der Waals surface area contributed by atoms with Crippen molar-refractivity contribution < 1.29 is 14.7 Å². The molecule has 0 spiro atoms. The molecule has 2 atom stereocenters. The van der Waals surface area contributed by atoms with Crippen LogP contribution in [-0.2, 0) is 4.79 Å². The predicted molar refractivity (Wildman–Crippen MR) is 82.5 cm³/mol. The van der Waals surface area contributed by atoms with Crippen molar-refractivity contribution in [3.8, 4) is 5.75 Å². The number of phenols is 1. The molecule has 0 radical (unpaired) electrons. The van der Waals surface area contributed by atoms with Gasteiger partial charge in [-0.15, -0.1) is 0 Å². The molecule has 3 aliphatic rings. The summed E-state index contributed by atoms with van der Waals surface area (Å²) in [6.07, 6.45) is 2.81. The average molecular weight is 302 g/mol. The molecule has 1 N–H and O–H groups in total. The number of benzene rings is 1. The maximum absolute atomic E-state index is 12.7. The molecular formula is C17H22N2O3. The van der Waals surface area contributed by atoms with E-state index in [9.17, 15) is 14.7 Å². The fourth-order valence-electron chi connectivity index (χ4n) is 3.53. The molecule has 0 saturated carbocycles. The van der Waals surface area contributed by atoms with E-state index in [0.29, 0.717) is 18.7 Å². The van der Waals surface area contributed by atoms with E-state index in [-0.39, 0.29) is 29.5 Å². The normalized spacial score (nSPS) is 24.5. The Balaban J connectivity index is 1.80. The predicted octanol–water partition coefficient (Wildman–Crippen LogP) is 1.87. The highest BCUT2D eigenvalue weighted by molar-refractivity contribution is 5.95. The number of phenolic OH excluding ortho intramolecular Hbond substituents is 1. The van der Waals surface area contributed by atoms with Crippen LogP contribution in [0.3, 0.4) is 0 Å². The second kappa shape index (κ2) is 5.99. The molecule has 3 saturated heterocycles. The Labute approximate surface area is 130 Å². The minimum atomic E-state index is -0.0636. The largest absolute Gasteiger partial charge is 0.508 e. The topological polar surface area (TPSA) is 60.9 Å². The number of fused-ring (bicyclic) bond motifs is 4. The summed E-state index contributed by atoms with van der Waals surface area (Å²) in [4.78, 5) is 28.9. The Morgan fingerprint density at radius 2 is 1.95 bits per heavy atom. The first kappa shape index (κ1) is 14.9. The summed E-state index contributed by atoms with van der Waals surface area (Å²) in [5.41, 5.74) is 0.564. The summed E-state index contributed by atoms with van der Waals surface area (Å²) in [6, 6.07) is 6.46. The van der Waals surface area contributed by atoms with Crippen molar-refractivity contribution >= 4 is 11.8 Å². The molecule has 2 unspecified atom stereocenters. The third kappa shape index (κ3) is 2.67. The van der Waals surface area contributed by atoms with Crippen LogP contribution in [0.4, 0.5) is 0 Å². The molecular weight excluding hydrogens is 280 g/mol. The summed E-state index contributed by atoms with van der Waals surface area (Å²) in [5.74, 6) is 0.241. The number of aromatic hydroxyl groups is 1. The molecule has 1 aromatic carbocycles. The van der Waals surface area contributed by atoms with Gasteiger partial charge in [-0.2, -0.15) is 0 Å². The van der Waals surface area contributed by atoms with Gasteiger partial charge in [-0.1, -0.05) is 6.92 Å². The van der Waals surface area contributed by atoms with E-state index < -0.39 is 0 Å². The highest BCUT2D eigenvalue weighted by atomic mass is 16.3. The first-order valence-electron chi connectivity index (χ1n) is 7.99.